The van der Waals surface area contributed by atoms with Gasteiger partial charge >= 0.3 is 0 Å². The number of hydrogen-bond donors (Lipinski definition) is 1. The van der Waals surface area contributed by atoms with Crippen LogP contribution in [0.25, 0.3) is 0 Å². The van der Waals surface area contributed by atoms with Gasteiger partial charge in [0.1, 0.15) is 11.6 Å². The zero-order valence-electron chi connectivity index (χ0n) is 14.1. The second-order valence-corrected chi connectivity index (χ2v) is 6.94. The number of carbonyl (C=O) groups excluding carboxylic acids is 2. The van der Waals surface area contributed by atoms with Crippen molar-refractivity contribution >= 4 is 11.8 Å². The number of hydrogen-bond acceptors (Lipinski definition) is 2. The van der Waals surface area contributed by atoms with E-state index < -0.39 is 5.54 Å². The monoisotopic (exact) mass is 294 g/mol. The summed E-state index contributed by atoms with van der Waals surface area (Å²) in [5.41, 5.74) is -0.641. The minimum atomic E-state index is -0.641. The van der Waals surface area contributed by atoms with Crippen LogP contribution < -0.4 is 5.32 Å². The molecule has 1 heterocycles. The maximum atomic E-state index is 13.1. The van der Waals surface area contributed by atoms with Crippen molar-refractivity contribution in [1.29, 1.82) is 0 Å². The van der Waals surface area contributed by atoms with Crippen LogP contribution in [0.4, 0.5) is 0 Å². The van der Waals surface area contributed by atoms with E-state index >= 15 is 0 Å². The average Bonchev–Trinajstić information content (AvgIpc) is 3.31. The van der Waals surface area contributed by atoms with Crippen LogP contribution in [0.5, 0.6) is 0 Å². The molecule has 2 rings (SSSR count). The predicted octanol–water partition coefficient (Wildman–Crippen LogP) is 2.72. The largest absolute Gasteiger partial charge is 0.342 e. The smallest absolute Gasteiger partial charge is 0.246 e. The van der Waals surface area contributed by atoms with Gasteiger partial charge in [-0.25, -0.2) is 0 Å². The summed E-state index contributed by atoms with van der Waals surface area (Å²) < 4.78 is 0. The Balaban J connectivity index is 2.39. The highest BCUT2D eigenvalue weighted by molar-refractivity contribution is 6.00. The van der Waals surface area contributed by atoms with Gasteiger partial charge < -0.3 is 10.2 Å². The molecule has 4 heteroatoms. The second-order valence-electron chi connectivity index (χ2n) is 6.94. The molecule has 0 aromatic rings. The van der Waals surface area contributed by atoms with E-state index in [1.54, 1.807) is 0 Å². The molecule has 120 valence electrons. The Morgan fingerprint density at radius 1 is 1.19 bits per heavy atom. The standard InChI is InChI=1S/C17H30N2O2/c1-6-11(4)14-15(20)19(13(7-2)8-3)17(5,12-9-10-12)16(21)18-14/h11-14H,6-10H2,1-5H3,(H,18,21). The Hall–Kier alpha value is -1.06. The van der Waals surface area contributed by atoms with Gasteiger partial charge in [-0.05, 0) is 44.4 Å². The fraction of sp³-hybridized carbons (Fsp3) is 0.882. The van der Waals surface area contributed by atoms with E-state index in [-0.39, 0.29) is 29.8 Å². The zero-order chi connectivity index (χ0) is 15.8. The summed E-state index contributed by atoms with van der Waals surface area (Å²) in [6, 6.07) is -0.185. The normalized spacial score (nSPS) is 31.5. The van der Waals surface area contributed by atoms with Crippen LogP contribution in [0.2, 0.25) is 0 Å². The Morgan fingerprint density at radius 2 is 1.76 bits per heavy atom. The molecule has 1 N–H and O–H groups in total. The summed E-state index contributed by atoms with van der Waals surface area (Å²) in [5, 5.41) is 3.03. The molecule has 1 aliphatic heterocycles. The fourth-order valence-electron chi connectivity index (χ4n) is 3.70. The van der Waals surface area contributed by atoms with E-state index in [1.807, 2.05) is 18.7 Å². The van der Waals surface area contributed by atoms with Crippen molar-refractivity contribution in [2.45, 2.75) is 84.3 Å². The van der Waals surface area contributed by atoms with Crippen LogP contribution in [0, 0.1) is 11.8 Å². The highest BCUT2D eigenvalue weighted by Crippen LogP contribution is 2.46. The van der Waals surface area contributed by atoms with Gasteiger partial charge in [-0.2, -0.15) is 0 Å². The lowest BCUT2D eigenvalue weighted by Crippen LogP contribution is -2.73. The number of nitrogens with one attached hydrogen (secondary N) is 1. The first kappa shape index (κ1) is 16.3. The van der Waals surface area contributed by atoms with Crippen LogP contribution in [0.1, 0.15) is 66.7 Å². The molecule has 1 aliphatic carbocycles. The molecule has 1 saturated heterocycles. The molecule has 1 saturated carbocycles. The summed E-state index contributed by atoms with van der Waals surface area (Å²) in [6.07, 6.45) is 4.83. The first-order chi connectivity index (χ1) is 9.91. The average molecular weight is 294 g/mol. The summed E-state index contributed by atoms with van der Waals surface area (Å²) in [7, 11) is 0. The number of nitrogens with zero attached hydrogens (tertiary/aromatic N) is 1. The molecular formula is C17H30N2O2. The number of amides is 2. The van der Waals surface area contributed by atoms with Crippen molar-refractivity contribution in [2.24, 2.45) is 11.8 Å². The minimum Gasteiger partial charge on any atom is -0.342 e. The third kappa shape index (κ3) is 2.58. The van der Waals surface area contributed by atoms with Gasteiger partial charge in [-0.1, -0.05) is 34.1 Å². The van der Waals surface area contributed by atoms with Gasteiger partial charge in [-0.3, -0.25) is 9.59 Å². The van der Waals surface area contributed by atoms with E-state index in [2.05, 4.69) is 26.1 Å². The van der Waals surface area contributed by atoms with Crippen molar-refractivity contribution in [3.05, 3.63) is 0 Å². The van der Waals surface area contributed by atoms with Crippen molar-refractivity contribution in [1.82, 2.24) is 10.2 Å². The summed E-state index contributed by atoms with van der Waals surface area (Å²) in [4.78, 5) is 27.9. The molecule has 2 aliphatic rings. The van der Waals surface area contributed by atoms with Gasteiger partial charge in [0, 0.05) is 6.04 Å². The van der Waals surface area contributed by atoms with Crippen LogP contribution in [-0.2, 0) is 9.59 Å². The highest BCUT2D eigenvalue weighted by Gasteiger charge is 2.58. The van der Waals surface area contributed by atoms with Gasteiger partial charge in [0.15, 0.2) is 0 Å². The molecule has 3 unspecified atom stereocenters. The summed E-state index contributed by atoms with van der Waals surface area (Å²) >= 11 is 0. The van der Waals surface area contributed by atoms with Crippen LogP contribution in [0.15, 0.2) is 0 Å². The van der Waals surface area contributed by atoms with Crippen LogP contribution in [0.3, 0.4) is 0 Å². The third-order valence-corrected chi connectivity index (χ3v) is 5.64. The van der Waals surface area contributed by atoms with E-state index in [0.29, 0.717) is 5.92 Å². The Bertz CT molecular complexity index is 415. The molecule has 0 aromatic carbocycles. The van der Waals surface area contributed by atoms with Gasteiger partial charge in [-0.15, -0.1) is 0 Å². The molecule has 0 aromatic heterocycles. The first-order valence-corrected chi connectivity index (χ1v) is 8.55. The van der Waals surface area contributed by atoms with E-state index in [4.69, 9.17) is 0 Å². The minimum absolute atomic E-state index is 0.0572. The number of rotatable bonds is 6. The topological polar surface area (TPSA) is 49.4 Å². The molecule has 0 radical (unpaired) electrons. The maximum Gasteiger partial charge on any atom is 0.246 e. The van der Waals surface area contributed by atoms with E-state index in [1.165, 1.54) is 0 Å². The molecule has 2 fully saturated rings. The highest BCUT2D eigenvalue weighted by atomic mass is 16.2. The van der Waals surface area contributed by atoms with Gasteiger partial charge in [0.25, 0.3) is 0 Å². The summed E-state index contributed by atoms with van der Waals surface area (Å²) in [5.74, 6) is 0.704. The maximum absolute atomic E-state index is 13.1. The second kappa shape index (κ2) is 5.98. The zero-order valence-corrected chi connectivity index (χ0v) is 14.1. The Morgan fingerprint density at radius 3 is 2.19 bits per heavy atom. The quantitative estimate of drug-likeness (QED) is 0.819. The molecule has 0 bridgehead atoms. The first-order valence-electron chi connectivity index (χ1n) is 8.55. The Kier molecular flexibility index (Phi) is 4.64. The fourth-order valence-corrected chi connectivity index (χ4v) is 3.70. The number of piperazine rings is 1. The van der Waals surface area contributed by atoms with E-state index in [0.717, 1.165) is 32.1 Å². The molecule has 0 spiro atoms. The lowest BCUT2D eigenvalue weighted by atomic mass is 9.83. The van der Waals surface area contributed by atoms with Crippen molar-refractivity contribution in [3.8, 4) is 0 Å². The molecule has 21 heavy (non-hydrogen) atoms. The van der Waals surface area contributed by atoms with Crippen molar-refractivity contribution < 1.29 is 9.59 Å². The summed E-state index contributed by atoms with van der Waals surface area (Å²) in [6.45, 7) is 10.3. The molecular weight excluding hydrogens is 264 g/mol. The van der Waals surface area contributed by atoms with Crippen molar-refractivity contribution in [2.75, 3.05) is 0 Å². The number of carbonyl (C=O) groups is 2. The van der Waals surface area contributed by atoms with Gasteiger partial charge in [0.2, 0.25) is 11.8 Å². The lowest BCUT2D eigenvalue weighted by molar-refractivity contribution is -0.163. The molecule has 2 amide bonds. The molecule has 3 atom stereocenters. The van der Waals surface area contributed by atoms with E-state index in [9.17, 15) is 9.59 Å². The van der Waals surface area contributed by atoms with Gasteiger partial charge in [0.05, 0.1) is 0 Å². The molecule has 4 nitrogen and oxygen atoms in total. The third-order valence-electron chi connectivity index (χ3n) is 5.64. The van der Waals surface area contributed by atoms with Crippen LogP contribution in [-0.4, -0.2) is 34.3 Å². The SMILES string of the molecule is CCC(C)C1NC(=O)C(C)(C2CC2)N(C(CC)CC)C1=O. The lowest BCUT2D eigenvalue weighted by Gasteiger charge is -2.51. The predicted molar refractivity (Wildman–Crippen MR) is 83.7 cm³/mol. The van der Waals surface area contributed by atoms with Crippen molar-refractivity contribution in [3.63, 3.8) is 0 Å². The Labute approximate surface area is 128 Å². The van der Waals surface area contributed by atoms with Crippen LogP contribution >= 0.6 is 0 Å².